The molecule has 1 aliphatic rings. The second-order valence-electron chi connectivity index (χ2n) is 3.60. The molecule has 0 aromatic rings. The Bertz CT molecular complexity index is 194. The molecule has 0 aliphatic carbocycles. The van der Waals surface area contributed by atoms with Gasteiger partial charge in [0.2, 0.25) is 5.91 Å². The molecule has 3 nitrogen and oxygen atoms in total. The first kappa shape index (κ1) is 10.8. The van der Waals surface area contributed by atoms with Crippen molar-refractivity contribution in [2.24, 2.45) is 0 Å². The van der Waals surface area contributed by atoms with Crippen LogP contribution in [0.25, 0.3) is 0 Å². The van der Waals surface area contributed by atoms with Gasteiger partial charge < -0.3 is 10.0 Å². The van der Waals surface area contributed by atoms with Crippen LogP contribution in [0.4, 0.5) is 0 Å². The first-order valence-electron chi connectivity index (χ1n) is 4.66. The Labute approximate surface area is 83.7 Å². The lowest BCUT2D eigenvalue weighted by Gasteiger charge is -2.27. The number of carbonyl (C=O) groups excluding carboxylic acids is 1. The Morgan fingerprint density at radius 1 is 1.62 bits per heavy atom. The average Bonchev–Trinajstić information content (AvgIpc) is 2.50. The number of nitrogens with zero attached hydrogens (tertiary/aromatic N) is 1. The Kier molecular flexibility index (Phi) is 3.56. The molecule has 0 saturated carbocycles. The quantitative estimate of drug-likeness (QED) is 0.683. The molecule has 1 amide bonds. The van der Waals surface area contributed by atoms with E-state index >= 15 is 0 Å². The number of rotatable bonds is 2. The fourth-order valence-electron chi connectivity index (χ4n) is 1.80. The zero-order valence-electron chi connectivity index (χ0n) is 8.03. The fraction of sp³-hybridized carbons (Fsp3) is 0.889. The standard InChI is InChI=1S/C9H16ClNO2/c1-6(10)9(13)11-5-3-4-8(11)7(2)12/h6-8,12H,3-5H2,1-2H3/t6-,7-,8+/m0/s1. The van der Waals surface area contributed by atoms with Gasteiger partial charge in [0.1, 0.15) is 5.38 Å². The Balaban J connectivity index is 2.63. The van der Waals surface area contributed by atoms with Gasteiger partial charge in [-0.3, -0.25) is 4.79 Å². The summed E-state index contributed by atoms with van der Waals surface area (Å²) in [6, 6.07) is -0.0336. The van der Waals surface area contributed by atoms with Crippen LogP contribution in [0.3, 0.4) is 0 Å². The minimum atomic E-state index is -0.487. The van der Waals surface area contributed by atoms with Crippen molar-refractivity contribution in [2.75, 3.05) is 6.54 Å². The Morgan fingerprint density at radius 3 is 2.69 bits per heavy atom. The molecule has 0 spiro atoms. The van der Waals surface area contributed by atoms with E-state index < -0.39 is 11.5 Å². The largest absolute Gasteiger partial charge is 0.391 e. The second kappa shape index (κ2) is 4.29. The monoisotopic (exact) mass is 205 g/mol. The van der Waals surface area contributed by atoms with Gasteiger partial charge in [-0.15, -0.1) is 11.6 Å². The topological polar surface area (TPSA) is 40.5 Å². The number of aliphatic hydroxyl groups is 1. The summed E-state index contributed by atoms with van der Waals surface area (Å²) < 4.78 is 0. The van der Waals surface area contributed by atoms with E-state index in [9.17, 15) is 9.90 Å². The van der Waals surface area contributed by atoms with Crippen LogP contribution in [0, 0.1) is 0 Å². The highest BCUT2D eigenvalue weighted by atomic mass is 35.5. The van der Waals surface area contributed by atoms with Gasteiger partial charge in [0.25, 0.3) is 0 Å². The molecule has 0 aromatic carbocycles. The van der Waals surface area contributed by atoms with Gasteiger partial charge in [0.05, 0.1) is 12.1 Å². The van der Waals surface area contributed by atoms with Crippen LogP contribution in [0.2, 0.25) is 0 Å². The molecule has 1 aliphatic heterocycles. The molecular formula is C9H16ClNO2. The Hall–Kier alpha value is -0.280. The van der Waals surface area contributed by atoms with E-state index in [1.807, 2.05) is 0 Å². The lowest BCUT2D eigenvalue weighted by Crippen LogP contribution is -2.44. The zero-order valence-corrected chi connectivity index (χ0v) is 8.79. The molecular weight excluding hydrogens is 190 g/mol. The van der Waals surface area contributed by atoms with Gasteiger partial charge in [-0.25, -0.2) is 0 Å². The summed E-state index contributed by atoms with van der Waals surface area (Å²) in [5, 5.41) is 8.93. The highest BCUT2D eigenvalue weighted by Gasteiger charge is 2.33. The minimum Gasteiger partial charge on any atom is -0.391 e. The van der Waals surface area contributed by atoms with E-state index in [4.69, 9.17) is 11.6 Å². The maximum Gasteiger partial charge on any atom is 0.240 e. The first-order chi connectivity index (χ1) is 6.04. The molecule has 0 radical (unpaired) electrons. The number of likely N-dealkylation sites (tertiary alicyclic amines) is 1. The summed E-state index contributed by atoms with van der Waals surface area (Å²) in [6.45, 7) is 4.11. The number of carbonyl (C=O) groups is 1. The van der Waals surface area contributed by atoms with E-state index in [0.717, 1.165) is 19.4 Å². The van der Waals surface area contributed by atoms with Crippen molar-refractivity contribution in [1.29, 1.82) is 0 Å². The van der Waals surface area contributed by atoms with Crippen molar-refractivity contribution in [2.45, 2.75) is 44.2 Å². The SMILES string of the molecule is C[C@H](Cl)C(=O)N1CCC[C@@H]1[C@H](C)O. The highest BCUT2D eigenvalue weighted by molar-refractivity contribution is 6.30. The van der Waals surface area contributed by atoms with Gasteiger partial charge in [0.15, 0.2) is 0 Å². The number of hydrogen-bond donors (Lipinski definition) is 1. The molecule has 0 aromatic heterocycles. The average molecular weight is 206 g/mol. The number of hydrogen-bond acceptors (Lipinski definition) is 2. The van der Waals surface area contributed by atoms with Crippen molar-refractivity contribution < 1.29 is 9.90 Å². The number of alkyl halides is 1. The molecule has 4 heteroatoms. The molecule has 1 saturated heterocycles. The lowest BCUT2D eigenvalue weighted by molar-refractivity contribution is -0.133. The van der Waals surface area contributed by atoms with Gasteiger partial charge in [-0.05, 0) is 26.7 Å². The van der Waals surface area contributed by atoms with Crippen LogP contribution in [-0.2, 0) is 4.79 Å². The molecule has 1 rings (SSSR count). The van der Waals surface area contributed by atoms with Crippen molar-refractivity contribution in [1.82, 2.24) is 4.90 Å². The fourth-order valence-corrected chi connectivity index (χ4v) is 1.92. The third kappa shape index (κ3) is 2.35. The van der Waals surface area contributed by atoms with Crippen LogP contribution in [-0.4, -0.2) is 40.0 Å². The van der Waals surface area contributed by atoms with Gasteiger partial charge >= 0.3 is 0 Å². The van der Waals surface area contributed by atoms with Crippen LogP contribution in [0.15, 0.2) is 0 Å². The summed E-state index contributed by atoms with van der Waals surface area (Å²) in [6.07, 6.45) is 1.39. The summed E-state index contributed by atoms with van der Waals surface area (Å²) in [5.74, 6) is -0.0648. The van der Waals surface area contributed by atoms with Gasteiger partial charge in [-0.2, -0.15) is 0 Å². The van der Waals surface area contributed by atoms with E-state index in [-0.39, 0.29) is 11.9 Å². The molecule has 0 unspecified atom stereocenters. The second-order valence-corrected chi connectivity index (χ2v) is 4.25. The predicted molar refractivity (Wildman–Crippen MR) is 51.7 cm³/mol. The van der Waals surface area contributed by atoms with Crippen LogP contribution < -0.4 is 0 Å². The summed E-state index contributed by atoms with van der Waals surface area (Å²) in [4.78, 5) is 13.2. The van der Waals surface area contributed by atoms with Crippen molar-refractivity contribution >= 4 is 17.5 Å². The maximum absolute atomic E-state index is 11.5. The lowest BCUT2D eigenvalue weighted by atomic mass is 10.1. The molecule has 1 fully saturated rings. The van der Waals surface area contributed by atoms with Gasteiger partial charge in [-0.1, -0.05) is 0 Å². The van der Waals surface area contributed by atoms with Crippen LogP contribution >= 0.6 is 11.6 Å². The third-order valence-corrected chi connectivity index (χ3v) is 2.67. The molecule has 1 N–H and O–H groups in total. The van der Waals surface area contributed by atoms with Crippen molar-refractivity contribution in [3.63, 3.8) is 0 Å². The zero-order chi connectivity index (χ0) is 10.0. The molecule has 0 bridgehead atoms. The summed E-state index contributed by atoms with van der Waals surface area (Å²) in [5.41, 5.74) is 0. The van der Waals surface area contributed by atoms with Crippen LogP contribution in [0.1, 0.15) is 26.7 Å². The van der Waals surface area contributed by atoms with Crippen LogP contribution in [0.5, 0.6) is 0 Å². The third-order valence-electron chi connectivity index (χ3n) is 2.48. The number of aliphatic hydroxyl groups excluding tert-OH is 1. The highest BCUT2D eigenvalue weighted by Crippen LogP contribution is 2.21. The summed E-state index contributed by atoms with van der Waals surface area (Å²) >= 11 is 5.71. The maximum atomic E-state index is 11.5. The molecule has 13 heavy (non-hydrogen) atoms. The van der Waals surface area contributed by atoms with Gasteiger partial charge in [0, 0.05) is 6.54 Å². The molecule has 3 atom stereocenters. The minimum absolute atomic E-state index is 0.0336. The summed E-state index contributed by atoms with van der Waals surface area (Å²) in [7, 11) is 0. The smallest absolute Gasteiger partial charge is 0.240 e. The van der Waals surface area contributed by atoms with E-state index in [2.05, 4.69) is 0 Å². The van der Waals surface area contributed by atoms with E-state index in [1.165, 1.54) is 0 Å². The molecule has 76 valence electrons. The number of amides is 1. The first-order valence-corrected chi connectivity index (χ1v) is 5.10. The number of halogens is 1. The van der Waals surface area contributed by atoms with Crippen molar-refractivity contribution in [3.05, 3.63) is 0 Å². The Morgan fingerprint density at radius 2 is 2.23 bits per heavy atom. The molecule has 1 heterocycles. The van der Waals surface area contributed by atoms with E-state index in [0.29, 0.717) is 0 Å². The predicted octanol–water partition coefficient (Wildman–Crippen LogP) is 0.986. The normalized spacial score (nSPS) is 27.4. The van der Waals surface area contributed by atoms with E-state index in [1.54, 1.807) is 18.7 Å². The van der Waals surface area contributed by atoms with Crippen molar-refractivity contribution in [3.8, 4) is 0 Å².